The van der Waals surface area contributed by atoms with Crippen LogP contribution in [0.1, 0.15) is 90.9 Å². The molecule has 208 valence electrons. The van der Waals surface area contributed by atoms with Crippen LogP contribution >= 0.6 is 7.82 Å². The molecule has 2 unspecified atom stereocenters. The molecule has 0 saturated carbocycles. The molecule has 0 rings (SSSR count). The number of hydrogen-bond donors (Lipinski definition) is 1. The molecule has 0 aromatic carbocycles. The van der Waals surface area contributed by atoms with Crippen LogP contribution in [0.4, 0.5) is 0 Å². The molecular weight excluding hydrogens is 469 g/mol. The molecule has 0 radical (unpaired) electrons. The lowest BCUT2D eigenvalue weighted by molar-refractivity contribution is -0.870. The number of unbranched alkanes of at least 4 members (excludes halogenated alkanes) is 8. The number of hydrogen-bond acceptors (Lipinski definition) is 6. The number of likely N-dealkylation sites (N-methyl/N-ethyl adjacent to an activating group) is 1. The Hall–Kier alpha value is -0.760. The van der Waals surface area contributed by atoms with Gasteiger partial charge in [0.25, 0.3) is 0 Å². The van der Waals surface area contributed by atoms with Gasteiger partial charge in [-0.2, -0.15) is 0 Å². The van der Waals surface area contributed by atoms with E-state index >= 15 is 0 Å². The fourth-order valence-electron chi connectivity index (χ4n) is 3.12. The zero-order chi connectivity index (χ0) is 26.4. The number of carbonyl (C=O) groups is 1. The molecule has 0 aliphatic rings. The quantitative estimate of drug-likeness (QED) is 0.0544. The largest absolute Gasteiger partial charge is 0.472 e. The summed E-state index contributed by atoms with van der Waals surface area (Å²) in [5.41, 5.74) is 0. The molecule has 0 heterocycles. The summed E-state index contributed by atoms with van der Waals surface area (Å²) in [5, 5.41) is 0. The van der Waals surface area contributed by atoms with Gasteiger partial charge in [-0.1, -0.05) is 64.5 Å². The van der Waals surface area contributed by atoms with Gasteiger partial charge in [0.1, 0.15) is 19.3 Å². The second-order valence-electron chi connectivity index (χ2n) is 10.1. The van der Waals surface area contributed by atoms with Gasteiger partial charge in [-0.05, 0) is 32.1 Å². The average molecular weight is 523 g/mol. The van der Waals surface area contributed by atoms with Crippen LogP contribution in [0.5, 0.6) is 0 Å². The van der Waals surface area contributed by atoms with Crippen LogP contribution in [0.25, 0.3) is 0 Å². The molecule has 1 N–H and O–H groups in total. The van der Waals surface area contributed by atoms with E-state index in [2.05, 4.69) is 19.1 Å². The van der Waals surface area contributed by atoms with E-state index in [1.54, 1.807) is 0 Å². The maximum Gasteiger partial charge on any atom is 0.472 e. The summed E-state index contributed by atoms with van der Waals surface area (Å²) < 4.78 is 34.0. The topological polar surface area (TPSA) is 91.3 Å². The predicted octanol–water partition coefficient (Wildman–Crippen LogP) is 6.03. The Morgan fingerprint density at radius 2 is 1.51 bits per heavy atom. The Morgan fingerprint density at radius 1 is 0.857 bits per heavy atom. The number of allylic oxidation sites excluding steroid dienone is 2. The van der Waals surface area contributed by atoms with E-state index in [-0.39, 0.29) is 25.8 Å². The van der Waals surface area contributed by atoms with Crippen molar-refractivity contribution in [3.8, 4) is 0 Å². The van der Waals surface area contributed by atoms with Crippen molar-refractivity contribution in [2.75, 3.05) is 54.1 Å². The summed E-state index contributed by atoms with van der Waals surface area (Å²) in [6.45, 7) is 5.27. The fourth-order valence-corrected chi connectivity index (χ4v) is 3.86. The van der Waals surface area contributed by atoms with Crippen molar-refractivity contribution in [2.24, 2.45) is 0 Å². The number of phosphoric ester groups is 1. The molecule has 0 aliphatic carbocycles. The van der Waals surface area contributed by atoms with Crippen LogP contribution in [0.15, 0.2) is 12.2 Å². The van der Waals surface area contributed by atoms with Gasteiger partial charge in [-0.25, -0.2) is 4.57 Å². The normalized spacial score (nSPS) is 14.8. The third-order valence-corrected chi connectivity index (χ3v) is 6.29. The van der Waals surface area contributed by atoms with Crippen molar-refractivity contribution < 1.29 is 37.3 Å². The van der Waals surface area contributed by atoms with Gasteiger partial charge in [0.15, 0.2) is 0 Å². The van der Waals surface area contributed by atoms with Gasteiger partial charge in [-0.15, -0.1) is 0 Å². The second-order valence-corrected chi connectivity index (χ2v) is 11.5. The molecular formula is C26H53NO7P+. The van der Waals surface area contributed by atoms with Crippen LogP contribution in [0, 0.1) is 0 Å². The second kappa shape index (κ2) is 21.3. The fraction of sp³-hybridized carbons (Fsp3) is 0.885. The van der Waals surface area contributed by atoms with E-state index in [1.807, 2.05) is 28.1 Å². The van der Waals surface area contributed by atoms with Crippen LogP contribution < -0.4 is 0 Å². The van der Waals surface area contributed by atoms with Gasteiger partial charge < -0.3 is 18.9 Å². The molecule has 0 saturated heterocycles. The molecule has 9 heteroatoms. The Balaban J connectivity index is 4.20. The Labute approximate surface area is 214 Å². The molecule has 35 heavy (non-hydrogen) atoms. The van der Waals surface area contributed by atoms with Crippen LogP contribution in [0.3, 0.4) is 0 Å². The van der Waals surface area contributed by atoms with Gasteiger partial charge in [0, 0.05) is 13.0 Å². The van der Waals surface area contributed by atoms with Crippen molar-refractivity contribution in [1.82, 2.24) is 0 Å². The molecule has 2 atom stereocenters. The van der Waals surface area contributed by atoms with Gasteiger partial charge in [-0.3, -0.25) is 13.8 Å². The van der Waals surface area contributed by atoms with E-state index < -0.39 is 13.9 Å². The standard InChI is InChI=1S/C26H52NO7P/c1-6-8-10-11-12-13-14-15-16-17-18-21-31-23-25(34-26(28)19-9-7-2)24-33-35(29,30)32-22-20-27(3,4)5/h10-11,25H,6-9,12-24H2,1-5H3/p+1/b11-10-. The van der Waals surface area contributed by atoms with Crippen molar-refractivity contribution in [3.05, 3.63) is 12.2 Å². The summed E-state index contributed by atoms with van der Waals surface area (Å²) >= 11 is 0. The summed E-state index contributed by atoms with van der Waals surface area (Å²) in [6.07, 6.45) is 16.2. The summed E-state index contributed by atoms with van der Waals surface area (Å²) in [7, 11) is 1.65. The molecule has 0 fully saturated rings. The molecule has 0 aromatic rings. The lowest BCUT2D eigenvalue weighted by atomic mass is 10.1. The average Bonchev–Trinajstić information content (AvgIpc) is 2.78. The third kappa shape index (κ3) is 24.7. The number of quaternary nitrogens is 1. The Kier molecular flexibility index (Phi) is 20.9. The van der Waals surface area contributed by atoms with Crippen molar-refractivity contribution >= 4 is 13.8 Å². The maximum absolute atomic E-state index is 12.2. The Morgan fingerprint density at radius 3 is 2.17 bits per heavy atom. The highest BCUT2D eigenvalue weighted by Crippen LogP contribution is 2.43. The summed E-state index contributed by atoms with van der Waals surface area (Å²) in [6, 6.07) is 0. The van der Waals surface area contributed by atoms with Crippen molar-refractivity contribution in [3.63, 3.8) is 0 Å². The first-order valence-electron chi connectivity index (χ1n) is 13.4. The van der Waals surface area contributed by atoms with Gasteiger partial charge >= 0.3 is 13.8 Å². The molecule has 0 spiro atoms. The zero-order valence-corrected chi connectivity index (χ0v) is 23.9. The molecule has 0 amide bonds. The van der Waals surface area contributed by atoms with E-state index in [0.29, 0.717) is 24.1 Å². The molecule has 0 aliphatic heterocycles. The summed E-state index contributed by atoms with van der Waals surface area (Å²) in [5.74, 6) is -0.354. The highest BCUT2D eigenvalue weighted by molar-refractivity contribution is 7.47. The van der Waals surface area contributed by atoms with Crippen molar-refractivity contribution in [2.45, 2.75) is 97.0 Å². The first kappa shape index (κ1) is 34.2. The van der Waals surface area contributed by atoms with E-state index in [4.69, 9.17) is 18.5 Å². The number of nitrogens with zero attached hydrogens (tertiary/aromatic N) is 1. The first-order chi connectivity index (χ1) is 16.6. The number of rotatable bonds is 24. The van der Waals surface area contributed by atoms with Crippen LogP contribution in [-0.2, 0) is 27.9 Å². The van der Waals surface area contributed by atoms with Crippen LogP contribution in [0.2, 0.25) is 0 Å². The monoisotopic (exact) mass is 522 g/mol. The van der Waals surface area contributed by atoms with Crippen LogP contribution in [-0.4, -0.2) is 75.6 Å². The minimum absolute atomic E-state index is 0.0876. The minimum Gasteiger partial charge on any atom is -0.457 e. The van der Waals surface area contributed by atoms with E-state index in [9.17, 15) is 14.3 Å². The molecule has 0 bridgehead atoms. The molecule has 8 nitrogen and oxygen atoms in total. The predicted molar refractivity (Wildman–Crippen MR) is 141 cm³/mol. The smallest absolute Gasteiger partial charge is 0.457 e. The third-order valence-electron chi connectivity index (χ3n) is 5.31. The Bertz CT molecular complexity index is 593. The zero-order valence-electron chi connectivity index (χ0n) is 23.0. The number of phosphoric acid groups is 1. The van der Waals surface area contributed by atoms with Gasteiger partial charge in [0.05, 0.1) is 34.4 Å². The lowest BCUT2D eigenvalue weighted by Gasteiger charge is -2.24. The van der Waals surface area contributed by atoms with E-state index in [1.165, 1.54) is 44.9 Å². The van der Waals surface area contributed by atoms with Gasteiger partial charge in [0.2, 0.25) is 0 Å². The minimum atomic E-state index is -4.23. The highest BCUT2D eigenvalue weighted by Gasteiger charge is 2.26. The summed E-state index contributed by atoms with van der Waals surface area (Å²) in [4.78, 5) is 22.0. The highest BCUT2D eigenvalue weighted by atomic mass is 31.2. The van der Waals surface area contributed by atoms with E-state index in [0.717, 1.165) is 25.7 Å². The SMILES string of the molecule is CCC/C=C\CCCCCCCCOCC(COP(=O)(O)OCC[N+](C)(C)C)OC(=O)CCCC. The first-order valence-corrected chi connectivity index (χ1v) is 14.9. The lowest BCUT2D eigenvalue weighted by Crippen LogP contribution is -2.37. The number of ether oxygens (including phenoxy) is 2. The molecule has 0 aromatic heterocycles. The number of carbonyl (C=O) groups excluding carboxylic acids is 1. The number of esters is 1. The maximum atomic E-state index is 12.2. The van der Waals surface area contributed by atoms with Crippen molar-refractivity contribution in [1.29, 1.82) is 0 Å².